The monoisotopic (exact) mass is 691 g/mol. The van der Waals surface area contributed by atoms with Crippen LogP contribution in [-0.2, 0) is 29.4 Å². The van der Waals surface area contributed by atoms with Crippen LogP contribution in [-0.4, -0.2) is 61.1 Å². The van der Waals surface area contributed by atoms with E-state index in [1.165, 1.54) is 42.3 Å². The number of halogens is 6. The minimum absolute atomic E-state index is 0.000266. The summed E-state index contributed by atoms with van der Waals surface area (Å²) in [6.45, 7) is 3.19. The van der Waals surface area contributed by atoms with E-state index in [9.17, 15) is 28.0 Å². The Morgan fingerprint density at radius 2 is 1.61 bits per heavy atom. The highest BCUT2D eigenvalue weighted by atomic mass is 35.5. The summed E-state index contributed by atoms with van der Waals surface area (Å²) >= 11 is 25.2. The molecule has 3 atom stereocenters. The molecule has 0 saturated carbocycles. The largest absolute Gasteiger partial charge is 0.428 e. The molecule has 2 fully saturated rings. The van der Waals surface area contributed by atoms with Crippen LogP contribution in [0.3, 0.4) is 0 Å². The topological polar surface area (TPSA) is 96.5 Å². The molecule has 0 aliphatic carbocycles. The van der Waals surface area contributed by atoms with Crippen molar-refractivity contribution in [3.05, 3.63) is 56.0 Å². The third-order valence-corrected chi connectivity index (χ3v) is 8.98. The molecule has 1 spiro atoms. The number of alkyl halides is 2. The Labute approximate surface area is 271 Å². The molecule has 3 aliphatic heterocycles. The number of anilines is 2. The molecule has 9 nitrogen and oxygen atoms in total. The molecule has 236 valence electrons. The van der Waals surface area contributed by atoms with Gasteiger partial charge in [-0.3, -0.25) is 24.2 Å². The third-order valence-electron chi connectivity index (χ3n) is 8.03. The van der Waals surface area contributed by atoms with E-state index >= 15 is 0 Å². The third kappa shape index (κ3) is 5.40. The number of carbonyl (C=O) groups excluding carboxylic acids is 4. The number of benzene rings is 2. The molecule has 2 aromatic rings. The van der Waals surface area contributed by atoms with Crippen molar-refractivity contribution in [2.24, 2.45) is 11.3 Å². The number of imide groups is 1. The molecule has 0 N–H and O–H groups in total. The quantitative estimate of drug-likeness (QED) is 0.254. The normalized spacial score (nSPS) is 24.0. The molecular formula is C29H27Cl4F2N3O6. The smallest absolute Gasteiger partial charge is 0.335 e. The van der Waals surface area contributed by atoms with Gasteiger partial charge in [-0.2, -0.15) is 0 Å². The van der Waals surface area contributed by atoms with Crippen molar-refractivity contribution in [3.8, 4) is 0 Å². The van der Waals surface area contributed by atoms with Crippen LogP contribution in [0.2, 0.25) is 20.1 Å². The first-order valence-corrected chi connectivity index (χ1v) is 15.0. The van der Waals surface area contributed by atoms with Gasteiger partial charge in [0.05, 0.1) is 28.6 Å². The molecule has 2 aromatic carbocycles. The Morgan fingerprint density at radius 3 is 2.23 bits per heavy atom. The number of urea groups is 1. The average molecular weight is 693 g/mol. The van der Waals surface area contributed by atoms with E-state index in [1.54, 1.807) is 20.8 Å². The van der Waals surface area contributed by atoms with Crippen LogP contribution in [0.15, 0.2) is 30.3 Å². The van der Waals surface area contributed by atoms with E-state index in [0.717, 1.165) is 9.80 Å². The van der Waals surface area contributed by atoms with Crippen molar-refractivity contribution in [1.29, 1.82) is 0 Å². The number of amides is 3. The second-order valence-electron chi connectivity index (χ2n) is 12.1. The van der Waals surface area contributed by atoms with Gasteiger partial charge in [0.1, 0.15) is 5.54 Å². The number of esters is 2. The molecule has 15 heteroatoms. The lowest BCUT2D eigenvalue weighted by atomic mass is 9.78. The Kier molecular flexibility index (Phi) is 8.38. The first kappa shape index (κ1) is 32.7. The number of hydrogen-bond donors (Lipinski definition) is 0. The second-order valence-corrected chi connectivity index (χ2v) is 13.8. The van der Waals surface area contributed by atoms with Crippen LogP contribution in [0.5, 0.6) is 0 Å². The Bertz CT molecular complexity index is 1560. The van der Waals surface area contributed by atoms with Gasteiger partial charge < -0.3 is 9.47 Å². The number of hydrogen-bond acceptors (Lipinski definition) is 7. The Hall–Kier alpha value is -2.70. The van der Waals surface area contributed by atoms with E-state index in [2.05, 4.69) is 0 Å². The highest BCUT2D eigenvalue weighted by Gasteiger charge is 2.72. The zero-order valence-corrected chi connectivity index (χ0v) is 27.0. The summed E-state index contributed by atoms with van der Waals surface area (Å²) in [6.07, 6.45) is -0.845. The summed E-state index contributed by atoms with van der Waals surface area (Å²) in [5.74, 6) is -7.20. The average Bonchev–Trinajstić information content (AvgIpc) is 3.47. The van der Waals surface area contributed by atoms with Crippen molar-refractivity contribution in [2.75, 3.05) is 30.2 Å². The van der Waals surface area contributed by atoms with Gasteiger partial charge in [0.25, 0.3) is 11.8 Å². The lowest BCUT2D eigenvalue weighted by molar-refractivity contribution is -0.178. The lowest BCUT2D eigenvalue weighted by Gasteiger charge is -2.37. The molecule has 5 rings (SSSR count). The predicted octanol–water partition coefficient (Wildman–Crippen LogP) is 6.92. The van der Waals surface area contributed by atoms with Crippen LogP contribution < -0.4 is 9.80 Å². The fourth-order valence-corrected chi connectivity index (χ4v) is 7.24. The van der Waals surface area contributed by atoms with E-state index in [0.29, 0.717) is 0 Å². The van der Waals surface area contributed by atoms with Gasteiger partial charge in [-0.15, -0.1) is 0 Å². The van der Waals surface area contributed by atoms with Crippen LogP contribution in [0, 0.1) is 11.3 Å². The number of fused-ring (bicyclic) bond motifs is 4. The SMILES string of the molecule is CN(C(=O)N1C(=O)[C@@]2(c3cc(Cl)cc(Cl)c31)[C@H](C(=O)OCOC(=O)C(C)(C)C)C[C@H]1CC(F)(F)CN12)c1cc(Cl)cc(Cl)c1. The molecule has 44 heavy (non-hydrogen) atoms. The number of nitrogens with zero attached hydrogens (tertiary/aromatic N) is 3. The van der Waals surface area contributed by atoms with Gasteiger partial charge in [-0.05, 0) is 57.5 Å². The van der Waals surface area contributed by atoms with Crippen molar-refractivity contribution in [1.82, 2.24) is 4.90 Å². The summed E-state index contributed by atoms with van der Waals surface area (Å²) in [5.41, 5.74) is -2.91. The van der Waals surface area contributed by atoms with Crippen molar-refractivity contribution in [3.63, 3.8) is 0 Å². The standard InChI is InChI=1S/C29H27Cl4F2N3O6/c1-27(2,3)25(41)44-13-43-23(39)20-10-18-11-28(34,35)12-37(18)29(20)19-8-16(32)9-21(33)22(19)38(24(29)40)26(42)36(4)17-6-14(30)5-15(31)7-17/h5-9,18,20H,10-13H2,1-4H3/t18-,20-,29+/m0/s1. The fraction of sp³-hybridized carbons (Fsp3) is 0.448. The van der Waals surface area contributed by atoms with Crippen LogP contribution in [0.1, 0.15) is 39.2 Å². The fourth-order valence-electron chi connectivity index (χ4n) is 6.15. The molecular weight excluding hydrogens is 666 g/mol. The lowest BCUT2D eigenvalue weighted by Crippen LogP contribution is -2.57. The minimum Gasteiger partial charge on any atom is -0.428 e. The van der Waals surface area contributed by atoms with Gasteiger partial charge >= 0.3 is 18.0 Å². The van der Waals surface area contributed by atoms with Gasteiger partial charge in [0.15, 0.2) is 0 Å². The minimum atomic E-state index is -3.19. The molecule has 0 aromatic heterocycles. The van der Waals surface area contributed by atoms with E-state index in [1.807, 2.05) is 0 Å². The maximum Gasteiger partial charge on any atom is 0.335 e. The summed E-state index contributed by atoms with van der Waals surface area (Å²) in [7, 11) is 1.36. The van der Waals surface area contributed by atoms with Gasteiger partial charge in [0.2, 0.25) is 6.79 Å². The molecule has 2 saturated heterocycles. The highest BCUT2D eigenvalue weighted by molar-refractivity contribution is 6.40. The zero-order valence-electron chi connectivity index (χ0n) is 23.9. The zero-order chi connectivity index (χ0) is 32.5. The van der Waals surface area contributed by atoms with E-state index in [-0.39, 0.29) is 43.4 Å². The van der Waals surface area contributed by atoms with Crippen molar-refractivity contribution >= 4 is 81.7 Å². The molecule has 0 unspecified atom stereocenters. The first-order valence-electron chi connectivity index (χ1n) is 13.4. The maximum absolute atomic E-state index is 14.9. The van der Waals surface area contributed by atoms with E-state index < -0.39 is 72.5 Å². The summed E-state index contributed by atoms with van der Waals surface area (Å²) in [5, 5.41) is 0.360. The van der Waals surface area contributed by atoms with E-state index in [4.69, 9.17) is 55.9 Å². The maximum atomic E-state index is 14.9. The van der Waals surface area contributed by atoms with Gasteiger partial charge in [-0.1, -0.05) is 46.4 Å². The second kappa shape index (κ2) is 11.3. The Morgan fingerprint density at radius 1 is 1.00 bits per heavy atom. The molecule has 0 bridgehead atoms. The number of rotatable bonds is 4. The van der Waals surface area contributed by atoms with Crippen LogP contribution in [0.4, 0.5) is 25.0 Å². The summed E-state index contributed by atoms with van der Waals surface area (Å²) in [4.78, 5) is 57.7. The van der Waals surface area contributed by atoms with Gasteiger partial charge in [0, 0.05) is 45.8 Å². The first-order chi connectivity index (χ1) is 20.4. The number of ether oxygens (including phenoxy) is 2. The molecule has 3 heterocycles. The Balaban J connectivity index is 1.61. The molecule has 3 amide bonds. The number of carbonyl (C=O) groups is 4. The molecule has 3 aliphatic rings. The van der Waals surface area contributed by atoms with Crippen molar-refractivity contribution < 1.29 is 37.4 Å². The predicted molar refractivity (Wildman–Crippen MR) is 161 cm³/mol. The molecule has 0 radical (unpaired) electrons. The summed E-state index contributed by atoms with van der Waals surface area (Å²) in [6, 6.07) is 5.12. The highest BCUT2D eigenvalue weighted by Crippen LogP contribution is 2.61. The van der Waals surface area contributed by atoms with Gasteiger partial charge in [-0.25, -0.2) is 18.5 Å². The van der Waals surface area contributed by atoms with Crippen LogP contribution in [0.25, 0.3) is 0 Å². The van der Waals surface area contributed by atoms with Crippen molar-refractivity contribution in [2.45, 2.75) is 51.1 Å². The van der Waals surface area contributed by atoms with Crippen LogP contribution >= 0.6 is 46.4 Å². The summed E-state index contributed by atoms with van der Waals surface area (Å²) < 4.78 is 40.1.